The number of hydrogen-bond donors (Lipinski definition) is 2. The summed E-state index contributed by atoms with van der Waals surface area (Å²) in [6.45, 7) is 1.77. The third kappa shape index (κ3) is 5.74. The van der Waals surface area contributed by atoms with Gasteiger partial charge in [0.25, 0.3) is 0 Å². The van der Waals surface area contributed by atoms with E-state index >= 15 is 0 Å². The second-order valence-electron chi connectivity index (χ2n) is 8.25. The maximum atomic E-state index is 14.0. The molecule has 32 heavy (non-hydrogen) atoms. The predicted octanol–water partition coefficient (Wildman–Crippen LogP) is 6.07. The van der Waals surface area contributed by atoms with Crippen LogP contribution in [0.2, 0.25) is 10.0 Å². The van der Waals surface area contributed by atoms with Crippen molar-refractivity contribution in [2.75, 3.05) is 0 Å². The van der Waals surface area contributed by atoms with Gasteiger partial charge in [-0.25, -0.2) is 0 Å². The van der Waals surface area contributed by atoms with E-state index in [2.05, 4.69) is 11.4 Å². The van der Waals surface area contributed by atoms with Crippen LogP contribution in [0.4, 0.5) is 13.2 Å². The molecule has 0 unspecified atom stereocenters. The number of hydrogen-bond acceptors (Lipinski definition) is 4. The van der Waals surface area contributed by atoms with Crippen LogP contribution in [-0.4, -0.2) is 23.1 Å². The molecule has 0 aromatic heterocycles. The van der Waals surface area contributed by atoms with E-state index in [1.54, 1.807) is 19.1 Å². The fourth-order valence-electron chi connectivity index (χ4n) is 3.51. The lowest BCUT2D eigenvalue weighted by Crippen LogP contribution is -2.46. The summed E-state index contributed by atoms with van der Waals surface area (Å²) in [6, 6.07) is 7.37. The number of phenols is 1. The molecule has 2 N–H and O–H groups in total. The van der Waals surface area contributed by atoms with Crippen molar-refractivity contribution in [3.8, 4) is 11.8 Å². The zero-order valence-corrected chi connectivity index (χ0v) is 18.7. The van der Waals surface area contributed by atoms with E-state index in [0.29, 0.717) is 18.4 Å². The number of benzene rings is 2. The minimum atomic E-state index is -4.66. The molecule has 1 aliphatic rings. The van der Waals surface area contributed by atoms with E-state index in [4.69, 9.17) is 23.2 Å². The number of ketones is 1. The number of Topliss-reactive ketones (excluding diaryl/α,β-unsaturated/α-hetero) is 1. The highest BCUT2D eigenvalue weighted by molar-refractivity contribution is 6.37. The van der Waals surface area contributed by atoms with Gasteiger partial charge >= 0.3 is 6.18 Å². The highest BCUT2D eigenvalue weighted by atomic mass is 35.5. The molecule has 1 saturated carbocycles. The normalized spacial score (nSPS) is 16.8. The average molecular weight is 485 g/mol. The van der Waals surface area contributed by atoms with Crippen LogP contribution in [0.3, 0.4) is 0 Å². The number of phenolic OH excluding ortho intramolecular Hbond substituents is 1. The molecule has 0 aliphatic heterocycles. The molecule has 0 bridgehead atoms. The standard InChI is InChI=1S/C23H21Cl2F3N2O2/c1-13-2-4-15(5-3-13)21(23(26,27)28)30-18(19(31)11-22(12-29)6-7-22)10-14-8-16(24)20(32)17(25)9-14/h2-5,8-9,18,21,30,32H,6-7,10-11H2,1H3/t18-,21-/m0/s1. The Hall–Kier alpha value is -2.27. The first-order chi connectivity index (χ1) is 14.9. The van der Waals surface area contributed by atoms with Crippen LogP contribution in [0.1, 0.15) is 42.0 Å². The van der Waals surface area contributed by atoms with Gasteiger partial charge in [0, 0.05) is 6.42 Å². The van der Waals surface area contributed by atoms with Gasteiger partial charge in [-0.1, -0.05) is 53.0 Å². The third-order valence-corrected chi connectivity index (χ3v) is 6.19. The first-order valence-electron chi connectivity index (χ1n) is 9.94. The van der Waals surface area contributed by atoms with Gasteiger partial charge in [-0.15, -0.1) is 0 Å². The number of alkyl halides is 3. The lowest BCUT2D eigenvalue weighted by atomic mass is 9.92. The van der Waals surface area contributed by atoms with E-state index in [1.165, 1.54) is 24.3 Å². The quantitative estimate of drug-likeness (QED) is 0.476. The SMILES string of the molecule is Cc1ccc([C@H](N[C@@H](Cc2cc(Cl)c(O)c(Cl)c2)C(=O)CC2(C#N)CC2)C(F)(F)F)cc1. The van der Waals surface area contributed by atoms with Crippen LogP contribution in [-0.2, 0) is 11.2 Å². The molecule has 2 aromatic rings. The Balaban J connectivity index is 1.94. The number of nitrogens with zero attached hydrogens (tertiary/aromatic N) is 1. The van der Waals surface area contributed by atoms with Gasteiger partial charge in [0.2, 0.25) is 0 Å². The number of nitriles is 1. The van der Waals surface area contributed by atoms with Crippen molar-refractivity contribution in [3.63, 3.8) is 0 Å². The van der Waals surface area contributed by atoms with Gasteiger partial charge < -0.3 is 5.11 Å². The van der Waals surface area contributed by atoms with E-state index in [9.17, 15) is 28.3 Å². The van der Waals surface area contributed by atoms with Crippen molar-refractivity contribution in [1.29, 1.82) is 5.26 Å². The summed E-state index contributed by atoms with van der Waals surface area (Å²) in [6.07, 6.45) is -3.86. The summed E-state index contributed by atoms with van der Waals surface area (Å²) in [7, 11) is 0. The van der Waals surface area contributed by atoms with Crippen molar-refractivity contribution < 1.29 is 23.1 Å². The Morgan fingerprint density at radius 1 is 1.22 bits per heavy atom. The number of aryl methyl sites for hydroxylation is 1. The molecule has 0 amide bonds. The van der Waals surface area contributed by atoms with Crippen molar-refractivity contribution in [3.05, 3.63) is 63.1 Å². The highest BCUT2D eigenvalue weighted by Gasteiger charge is 2.47. The maximum absolute atomic E-state index is 14.0. The first-order valence-corrected chi connectivity index (χ1v) is 10.7. The number of rotatable bonds is 8. The molecule has 3 rings (SSSR count). The van der Waals surface area contributed by atoms with Gasteiger partial charge in [-0.2, -0.15) is 18.4 Å². The largest absolute Gasteiger partial charge is 0.505 e. The molecule has 170 valence electrons. The summed E-state index contributed by atoms with van der Waals surface area (Å²) < 4.78 is 41.9. The number of halogens is 5. The van der Waals surface area contributed by atoms with E-state index in [-0.39, 0.29) is 34.2 Å². The Kier molecular flexibility index (Phi) is 7.09. The summed E-state index contributed by atoms with van der Waals surface area (Å²) in [4.78, 5) is 13.1. The van der Waals surface area contributed by atoms with Crippen molar-refractivity contribution in [2.24, 2.45) is 5.41 Å². The zero-order chi connectivity index (χ0) is 23.7. The van der Waals surface area contributed by atoms with E-state index in [1.807, 2.05) is 0 Å². The molecular formula is C23H21Cl2F3N2O2. The highest BCUT2D eigenvalue weighted by Crippen LogP contribution is 2.48. The van der Waals surface area contributed by atoms with Crippen molar-refractivity contribution in [2.45, 2.75) is 50.9 Å². The van der Waals surface area contributed by atoms with Gasteiger partial charge in [0.1, 0.15) is 6.04 Å². The van der Waals surface area contributed by atoms with Gasteiger partial charge in [0.05, 0.1) is 27.6 Å². The van der Waals surface area contributed by atoms with E-state index < -0.39 is 29.5 Å². The maximum Gasteiger partial charge on any atom is 0.407 e. The Labute approximate surface area is 193 Å². The number of carbonyl (C=O) groups excluding carboxylic acids is 1. The van der Waals surface area contributed by atoms with Crippen LogP contribution in [0.5, 0.6) is 5.75 Å². The Morgan fingerprint density at radius 3 is 2.25 bits per heavy atom. The molecule has 1 fully saturated rings. The summed E-state index contributed by atoms with van der Waals surface area (Å²) >= 11 is 11.9. The minimum absolute atomic E-state index is 0.0240. The van der Waals surface area contributed by atoms with Crippen molar-refractivity contribution in [1.82, 2.24) is 5.32 Å². The molecule has 4 nitrogen and oxygen atoms in total. The van der Waals surface area contributed by atoms with Gasteiger partial charge in [-0.05, 0) is 49.4 Å². The summed E-state index contributed by atoms with van der Waals surface area (Å²) in [5.41, 5.74) is 0.360. The topological polar surface area (TPSA) is 73.1 Å². The van der Waals surface area contributed by atoms with Crippen molar-refractivity contribution >= 4 is 29.0 Å². The molecule has 0 heterocycles. The average Bonchev–Trinajstić information content (AvgIpc) is 3.49. The van der Waals surface area contributed by atoms with Gasteiger partial charge in [0.15, 0.2) is 11.5 Å². The van der Waals surface area contributed by atoms with Crippen LogP contribution in [0.25, 0.3) is 0 Å². The lowest BCUT2D eigenvalue weighted by molar-refractivity contribution is -0.160. The fraction of sp³-hybridized carbons (Fsp3) is 0.391. The van der Waals surface area contributed by atoms with Crippen LogP contribution in [0.15, 0.2) is 36.4 Å². The van der Waals surface area contributed by atoms with Crippen LogP contribution < -0.4 is 5.32 Å². The monoisotopic (exact) mass is 484 g/mol. The fourth-order valence-corrected chi connectivity index (χ4v) is 4.05. The second kappa shape index (κ2) is 9.30. The smallest absolute Gasteiger partial charge is 0.407 e. The number of carbonyl (C=O) groups is 1. The summed E-state index contributed by atoms with van der Waals surface area (Å²) in [5.74, 6) is -0.840. The lowest BCUT2D eigenvalue weighted by Gasteiger charge is -2.28. The molecular weight excluding hydrogens is 464 g/mol. The van der Waals surface area contributed by atoms with E-state index in [0.717, 1.165) is 5.56 Å². The van der Waals surface area contributed by atoms with Crippen LogP contribution in [0, 0.1) is 23.7 Å². The third-order valence-electron chi connectivity index (χ3n) is 5.61. The molecule has 2 aromatic carbocycles. The summed E-state index contributed by atoms with van der Waals surface area (Å²) in [5, 5.41) is 21.4. The molecule has 0 spiro atoms. The predicted molar refractivity (Wildman–Crippen MR) is 116 cm³/mol. The molecule has 0 saturated heterocycles. The molecule has 0 radical (unpaired) electrons. The first kappa shape index (κ1) is 24.4. The zero-order valence-electron chi connectivity index (χ0n) is 17.1. The number of nitrogens with one attached hydrogen (secondary N) is 1. The van der Waals surface area contributed by atoms with Gasteiger partial charge in [-0.3, -0.25) is 10.1 Å². The molecule has 9 heteroatoms. The number of aromatic hydroxyl groups is 1. The Morgan fingerprint density at radius 2 is 1.78 bits per heavy atom. The molecule has 1 aliphatic carbocycles. The second-order valence-corrected chi connectivity index (χ2v) is 9.07. The van der Waals surface area contributed by atoms with Crippen LogP contribution >= 0.6 is 23.2 Å². The molecule has 2 atom stereocenters. The Bertz CT molecular complexity index is 1020. The minimum Gasteiger partial charge on any atom is -0.505 e.